The molecule has 1 aliphatic rings. The molecular weight excluding hydrogens is 312 g/mol. The van der Waals surface area contributed by atoms with Crippen LogP contribution in [0.25, 0.3) is 0 Å². The Morgan fingerprint density at radius 1 is 1.12 bits per heavy atom. The van der Waals surface area contributed by atoms with Crippen molar-refractivity contribution in [1.82, 2.24) is 0 Å². The number of ether oxygens (including phenoxy) is 2. The second-order valence-electron chi connectivity index (χ2n) is 7.47. The molecule has 132 valence electrons. The lowest BCUT2D eigenvalue weighted by atomic mass is 9.88. The van der Waals surface area contributed by atoms with E-state index in [-0.39, 0.29) is 0 Å². The van der Waals surface area contributed by atoms with Crippen molar-refractivity contribution >= 4 is 0 Å². The molecule has 1 atom stereocenters. The minimum absolute atomic E-state index is 0.413. The predicted molar refractivity (Wildman–Crippen MR) is 100.0 cm³/mol. The van der Waals surface area contributed by atoms with Crippen LogP contribution in [-0.4, -0.2) is 10.7 Å². The Bertz CT molecular complexity index is 773. The Morgan fingerprint density at radius 2 is 1.84 bits per heavy atom. The molecule has 25 heavy (non-hydrogen) atoms. The van der Waals surface area contributed by atoms with Gasteiger partial charge in [-0.3, -0.25) is 0 Å². The molecule has 0 fully saturated rings. The van der Waals surface area contributed by atoms with E-state index in [0.717, 1.165) is 22.4 Å². The van der Waals surface area contributed by atoms with Crippen LogP contribution in [-0.2, 0) is 12.2 Å². The van der Waals surface area contributed by atoms with Crippen LogP contribution in [0.2, 0.25) is 0 Å². The molecule has 1 unspecified atom stereocenters. The van der Waals surface area contributed by atoms with Gasteiger partial charge in [-0.2, -0.15) is 0 Å². The molecule has 3 rings (SSSR count). The molecule has 0 aliphatic carbocycles. The van der Waals surface area contributed by atoms with Crippen molar-refractivity contribution in [3.8, 4) is 11.5 Å². The number of hydrogen-bond donors (Lipinski definition) is 1. The third-order valence-electron chi connectivity index (χ3n) is 4.50. The molecule has 0 saturated carbocycles. The predicted octanol–water partition coefficient (Wildman–Crippen LogP) is 4.90. The molecule has 0 aromatic heterocycles. The van der Waals surface area contributed by atoms with Gasteiger partial charge in [0.2, 0.25) is 0 Å². The highest BCUT2D eigenvalue weighted by Crippen LogP contribution is 2.40. The summed E-state index contributed by atoms with van der Waals surface area (Å²) >= 11 is 0. The summed E-state index contributed by atoms with van der Waals surface area (Å²) < 4.78 is 12.2. The van der Waals surface area contributed by atoms with Crippen molar-refractivity contribution in [2.75, 3.05) is 0 Å². The molecule has 0 saturated heterocycles. The summed E-state index contributed by atoms with van der Waals surface area (Å²) in [6, 6.07) is 13.9. The number of benzene rings is 2. The van der Waals surface area contributed by atoms with Crippen molar-refractivity contribution < 1.29 is 14.6 Å². The Kier molecular flexibility index (Phi) is 4.61. The highest BCUT2D eigenvalue weighted by Gasteiger charge is 2.31. The first-order valence-electron chi connectivity index (χ1n) is 8.68. The quantitative estimate of drug-likeness (QED) is 0.809. The Labute approximate surface area is 149 Å². The van der Waals surface area contributed by atoms with Crippen LogP contribution in [0, 0.1) is 6.92 Å². The second-order valence-corrected chi connectivity index (χ2v) is 7.47. The van der Waals surface area contributed by atoms with Gasteiger partial charge in [0, 0.05) is 5.56 Å². The van der Waals surface area contributed by atoms with Crippen molar-refractivity contribution in [1.29, 1.82) is 0 Å². The minimum Gasteiger partial charge on any atom is -0.489 e. The average Bonchev–Trinajstić information content (AvgIpc) is 2.53. The van der Waals surface area contributed by atoms with Gasteiger partial charge in [-0.05, 0) is 63.5 Å². The van der Waals surface area contributed by atoms with Gasteiger partial charge in [-0.1, -0.05) is 36.4 Å². The smallest absolute Gasteiger partial charge is 0.127 e. The van der Waals surface area contributed by atoms with Crippen LogP contribution in [0.3, 0.4) is 0 Å². The van der Waals surface area contributed by atoms with Gasteiger partial charge in [0.15, 0.2) is 0 Å². The molecule has 0 spiro atoms. The molecule has 0 radical (unpaired) electrons. The lowest BCUT2D eigenvalue weighted by Gasteiger charge is -2.33. The second kappa shape index (κ2) is 6.57. The summed E-state index contributed by atoms with van der Waals surface area (Å²) in [5.74, 6) is 1.48. The van der Waals surface area contributed by atoms with Gasteiger partial charge in [-0.25, -0.2) is 0 Å². The third-order valence-corrected chi connectivity index (χ3v) is 4.50. The largest absolute Gasteiger partial charge is 0.489 e. The monoisotopic (exact) mass is 338 g/mol. The SMILES string of the molecule is Cc1cc2c(cc1OCc1ccccc1)C(C)(O)C/C=C\C(C)(C)O2. The highest BCUT2D eigenvalue weighted by molar-refractivity contribution is 5.49. The number of aliphatic hydroxyl groups is 1. The summed E-state index contributed by atoms with van der Waals surface area (Å²) in [7, 11) is 0. The molecule has 0 amide bonds. The first-order valence-corrected chi connectivity index (χ1v) is 8.68. The first-order chi connectivity index (χ1) is 11.8. The number of rotatable bonds is 3. The fraction of sp³-hybridized carbons (Fsp3) is 0.364. The maximum atomic E-state index is 10.9. The van der Waals surface area contributed by atoms with E-state index in [4.69, 9.17) is 9.47 Å². The Hall–Kier alpha value is -2.26. The van der Waals surface area contributed by atoms with Gasteiger partial charge in [0.05, 0.1) is 5.60 Å². The van der Waals surface area contributed by atoms with E-state index in [9.17, 15) is 5.11 Å². The molecule has 1 aliphatic heterocycles. The summed E-state index contributed by atoms with van der Waals surface area (Å²) in [4.78, 5) is 0. The number of aryl methyl sites for hydroxylation is 1. The van der Waals surface area contributed by atoms with Gasteiger partial charge >= 0.3 is 0 Å². The zero-order valence-corrected chi connectivity index (χ0v) is 15.4. The van der Waals surface area contributed by atoms with Crippen LogP contribution in [0.15, 0.2) is 54.6 Å². The van der Waals surface area contributed by atoms with E-state index in [2.05, 4.69) is 0 Å². The molecule has 2 aromatic carbocycles. The highest BCUT2D eigenvalue weighted by atomic mass is 16.5. The third kappa shape index (κ3) is 4.05. The van der Waals surface area contributed by atoms with Crippen molar-refractivity contribution in [3.05, 3.63) is 71.3 Å². The fourth-order valence-electron chi connectivity index (χ4n) is 3.06. The van der Waals surface area contributed by atoms with Gasteiger partial charge in [0.25, 0.3) is 0 Å². The first kappa shape index (κ1) is 17.6. The van der Waals surface area contributed by atoms with Crippen LogP contribution >= 0.6 is 0 Å². The molecule has 3 nitrogen and oxygen atoms in total. The van der Waals surface area contributed by atoms with Crippen LogP contribution in [0.4, 0.5) is 0 Å². The Morgan fingerprint density at radius 3 is 2.56 bits per heavy atom. The molecular formula is C22H26O3. The normalized spacial score (nSPS) is 22.9. The summed E-state index contributed by atoms with van der Waals surface area (Å²) in [5.41, 5.74) is 1.45. The van der Waals surface area contributed by atoms with E-state index >= 15 is 0 Å². The average molecular weight is 338 g/mol. The van der Waals surface area contributed by atoms with Gasteiger partial charge < -0.3 is 14.6 Å². The Balaban J connectivity index is 1.94. The van der Waals surface area contributed by atoms with E-state index in [1.165, 1.54) is 0 Å². The van der Waals surface area contributed by atoms with E-state index in [1.807, 2.05) is 82.3 Å². The van der Waals surface area contributed by atoms with Crippen LogP contribution in [0.5, 0.6) is 11.5 Å². The van der Waals surface area contributed by atoms with Crippen LogP contribution < -0.4 is 9.47 Å². The van der Waals surface area contributed by atoms with E-state index < -0.39 is 11.2 Å². The number of fused-ring (bicyclic) bond motifs is 1. The standard InChI is InChI=1S/C22H26O3/c1-16-13-20-18(22(4,23)12-8-11-21(2,3)25-20)14-19(16)24-15-17-9-6-5-7-10-17/h5-11,13-14,23H,12,15H2,1-4H3/b11-8-. The molecule has 1 heterocycles. The maximum absolute atomic E-state index is 10.9. The number of hydrogen-bond acceptors (Lipinski definition) is 3. The molecule has 3 heteroatoms. The van der Waals surface area contributed by atoms with E-state index in [1.54, 1.807) is 0 Å². The fourth-order valence-corrected chi connectivity index (χ4v) is 3.06. The lowest BCUT2D eigenvalue weighted by molar-refractivity contribution is 0.0481. The van der Waals surface area contributed by atoms with E-state index in [0.29, 0.717) is 18.8 Å². The topological polar surface area (TPSA) is 38.7 Å². The minimum atomic E-state index is -0.999. The molecule has 1 N–H and O–H groups in total. The summed E-state index contributed by atoms with van der Waals surface area (Å²) in [5, 5.41) is 10.9. The lowest BCUT2D eigenvalue weighted by Crippen LogP contribution is -2.31. The van der Waals surface area contributed by atoms with Crippen molar-refractivity contribution in [2.24, 2.45) is 0 Å². The zero-order chi connectivity index (χ0) is 18.1. The van der Waals surface area contributed by atoms with Gasteiger partial charge in [-0.15, -0.1) is 0 Å². The maximum Gasteiger partial charge on any atom is 0.127 e. The summed E-state index contributed by atoms with van der Waals surface area (Å²) in [6.07, 6.45) is 4.51. The zero-order valence-electron chi connectivity index (χ0n) is 15.4. The summed E-state index contributed by atoms with van der Waals surface area (Å²) in [6.45, 7) is 8.34. The van der Waals surface area contributed by atoms with Crippen molar-refractivity contribution in [2.45, 2.75) is 51.9 Å². The van der Waals surface area contributed by atoms with Crippen molar-refractivity contribution in [3.63, 3.8) is 0 Å². The van der Waals surface area contributed by atoms with Gasteiger partial charge in [0.1, 0.15) is 23.7 Å². The molecule has 2 aromatic rings. The molecule has 0 bridgehead atoms. The van der Waals surface area contributed by atoms with Crippen LogP contribution in [0.1, 0.15) is 43.9 Å².